The first kappa shape index (κ1) is 18.4. The summed E-state index contributed by atoms with van der Waals surface area (Å²) in [6.07, 6.45) is 8.25. The average Bonchev–Trinajstić information content (AvgIpc) is 3.06. The van der Waals surface area contributed by atoms with E-state index in [-0.39, 0.29) is 11.2 Å². The number of pyridine rings is 1. The smallest absolute Gasteiger partial charge is 0.165 e. The summed E-state index contributed by atoms with van der Waals surface area (Å²) in [5.74, 6) is -1.42. The van der Waals surface area contributed by atoms with Crippen molar-refractivity contribution in [3.63, 3.8) is 0 Å². The summed E-state index contributed by atoms with van der Waals surface area (Å²) in [6, 6.07) is 2.15. The Bertz CT molecular complexity index is 730. The Morgan fingerprint density at radius 3 is 2.67 bits per heavy atom. The van der Waals surface area contributed by atoms with E-state index in [0.717, 1.165) is 19.3 Å². The molecular weight excluding hydrogens is 309 g/mol. The lowest BCUT2D eigenvalue weighted by atomic mass is 9.89. The highest BCUT2D eigenvalue weighted by atomic mass is 19.1. The third-order valence-corrected chi connectivity index (χ3v) is 4.37. The fourth-order valence-corrected chi connectivity index (χ4v) is 3.13. The van der Waals surface area contributed by atoms with Gasteiger partial charge in [0.15, 0.2) is 11.6 Å². The predicted molar refractivity (Wildman–Crippen MR) is 93.8 cm³/mol. The molecule has 0 spiro atoms. The fourth-order valence-electron chi connectivity index (χ4n) is 3.13. The van der Waals surface area contributed by atoms with Gasteiger partial charge in [0.25, 0.3) is 0 Å². The van der Waals surface area contributed by atoms with Gasteiger partial charge in [-0.15, -0.1) is 6.58 Å². The number of hydrogen-bond donors (Lipinski definition) is 3. The molecule has 0 radical (unpaired) electrons. The molecule has 2 atom stereocenters. The normalized spacial score (nSPS) is 23.8. The summed E-state index contributed by atoms with van der Waals surface area (Å²) in [4.78, 5) is 3.86. The van der Waals surface area contributed by atoms with Crippen LogP contribution >= 0.6 is 0 Å². The van der Waals surface area contributed by atoms with Crippen molar-refractivity contribution in [2.75, 3.05) is 5.73 Å². The van der Waals surface area contributed by atoms with E-state index >= 15 is 0 Å². The van der Waals surface area contributed by atoms with Crippen LogP contribution in [-0.4, -0.2) is 25.6 Å². The first-order valence-corrected chi connectivity index (χ1v) is 8.03. The van der Waals surface area contributed by atoms with Crippen molar-refractivity contribution in [1.29, 1.82) is 0 Å². The molecule has 2 aromatic heterocycles. The third-order valence-electron chi connectivity index (χ3n) is 4.37. The number of nitrogen functional groups attached to an aromatic ring is 1. The van der Waals surface area contributed by atoms with Crippen LogP contribution in [0, 0.1) is 11.2 Å². The molecule has 24 heavy (non-hydrogen) atoms. The number of fused-ring (bicyclic) bond motifs is 1. The highest BCUT2D eigenvalue weighted by molar-refractivity contribution is 5.89. The first-order chi connectivity index (χ1) is 11.0. The van der Waals surface area contributed by atoms with Gasteiger partial charge in [-0.25, -0.2) is 9.37 Å². The van der Waals surface area contributed by atoms with E-state index in [1.807, 2.05) is 22.9 Å². The van der Waals surface area contributed by atoms with Crippen molar-refractivity contribution >= 4 is 16.7 Å². The van der Waals surface area contributed by atoms with Crippen LogP contribution < -0.4 is 5.73 Å². The fraction of sp³-hybridized carbons (Fsp3) is 0.500. The first-order valence-electron chi connectivity index (χ1n) is 8.03. The molecule has 1 aliphatic rings. The van der Waals surface area contributed by atoms with E-state index in [9.17, 15) is 4.39 Å². The van der Waals surface area contributed by atoms with Gasteiger partial charge in [0.1, 0.15) is 5.82 Å². The zero-order valence-corrected chi connectivity index (χ0v) is 14.5. The van der Waals surface area contributed by atoms with Gasteiger partial charge < -0.3 is 20.5 Å². The number of nitrogens with zero attached hydrogens (tertiary/aromatic N) is 2. The minimum Gasteiger partial charge on any atom is -0.383 e. The van der Waals surface area contributed by atoms with Crippen molar-refractivity contribution in [2.24, 2.45) is 5.41 Å². The number of hydrogen-bond acceptors (Lipinski definition) is 4. The third kappa shape index (κ3) is 4.13. The number of aromatic nitrogens is 2. The predicted octanol–water partition coefficient (Wildman–Crippen LogP) is 3.38. The van der Waals surface area contributed by atoms with Gasteiger partial charge in [-0.1, -0.05) is 13.0 Å². The van der Waals surface area contributed by atoms with Crippen molar-refractivity contribution in [3.8, 4) is 0 Å². The average molecular weight is 335 g/mol. The lowest BCUT2D eigenvalue weighted by Crippen LogP contribution is -2.15. The molecule has 132 valence electrons. The number of rotatable bonds is 2. The molecule has 1 saturated carbocycles. The van der Waals surface area contributed by atoms with Crippen LogP contribution in [0.2, 0.25) is 0 Å². The summed E-state index contributed by atoms with van der Waals surface area (Å²) < 4.78 is 16.0. The molecule has 4 N–H and O–H groups in total. The molecule has 1 unspecified atom stereocenters. The molecule has 0 amide bonds. The van der Waals surface area contributed by atoms with Crippen LogP contribution in [0.3, 0.4) is 0 Å². The second-order valence-corrected chi connectivity index (χ2v) is 7.23. The van der Waals surface area contributed by atoms with Gasteiger partial charge in [-0.3, -0.25) is 0 Å². The topological polar surface area (TPSA) is 84.3 Å². The monoisotopic (exact) mass is 335 g/mol. The summed E-state index contributed by atoms with van der Waals surface area (Å²) in [6.45, 7) is 8.71. The summed E-state index contributed by atoms with van der Waals surface area (Å²) in [5, 5.41) is 16.9. The minimum absolute atomic E-state index is 0.149. The molecule has 5 nitrogen and oxygen atoms in total. The van der Waals surface area contributed by atoms with Crippen LogP contribution in [0.25, 0.3) is 10.9 Å². The van der Waals surface area contributed by atoms with Gasteiger partial charge in [-0.2, -0.15) is 0 Å². The standard InChI is InChI=1S/C15H18FN3.C3H8O2/c1-3-15(2)6-4-10(8-15)19-7-5-11-13(19)12(16)9-18-14(11)17;1-3(2,4)5/h3,5,7,9-10H,1,4,6,8H2,2H3,(H2,17,18);4-5H,1-2H3/t10?,15-;/m1./s1. The molecule has 0 saturated heterocycles. The highest BCUT2D eigenvalue weighted by Crippen LogP contribution is 2.46. The number of nitrogens with two attached hydrogens (primary N) is 1. The molecule has 0 bridgehead atoms. The number of halogens is 1. The highest BCUT2D eigenvalue weighted by Gasteiger charge is 2.34. The lowest BCUT2D eigenvalue weighted by Gasteiger charge is -2.20. The SMILES string of the molecule is C=C[C@]1(C)CCC(n2ccc3c(N)ncc(F)c32)C1.CC(C)(O)O. The van der Waals surface area contributed by atoms with Gasteiger partial charge in [-0.05, 0) is 44.6 Å². The number of aliphatic hydroxyl groups is 2. The Labute approximate surface area is 141 Å². The van der Waals surface area contributed by atoms with E-state index in [0.29, 0.717) is 22.8 Å². The molecule has 2 aromatic rings. The van der Waals surface area contributed by atoms with Crippen molar-refractivity contribution < 1.29 is 14.6 Å². The summed E-state index contributed by atoms with van der Waals surface area (Å²) in [7, 11) is 0. The number of allylic oxidation sites excluding steroid dienone is 1. The van der Waals surface area contributed by atoms with Crippen molar-refractivity contribution in [1.82, 2.24) is 9.55 Å². The van der Waals surface area contributed by atoms with Crippen LogP contribution in [0.5, 0.6) is 0 Å². The Morgan fingerprint density at radius 2 is 2.12 bits per heavy atom. The number of anilines is 1. The zero-order valence-electron chi connectivity index (χ0n) is 14.5. The Kier molecular flexibility index (Phi) is 5.01. The van der Waals surface area contributed by atoms with Crippen molar-refractivity contribution in [3.05, 3.63) is 36.9 Å². The Hall–Kier alpha value is -1.92. The van der Waals surface area contributed by atoms with E-state index in [2.05, 4.69) is 18.5 Å². The minimum atomic E-state index is -1.50. The molecule has 6 heteroatoms. The second kappa shape index (κ2) is 6.53. The van der Waals surface area contributed by atoms with E-state index in [1.54, 1.807) is 0 Å². The zero-order chi connectivity index (χ0) is 18.1. The van der Waals surface area contributed by atoms with Crippen LogP contribution in [0.1, 0.15) is 46.1 Å². The van der Waals surface area contributed by atoms with E-state index < -0.39 is 5.79 Å². The van der Waals surface area contributed by atoms with Gasteiger partial charge in [0.05, 0.1) is 11.7 Å². The summed E-state index contributed by atoms with van der Waals surface area (Å²) in [5.41, 5.74) is 6.53. The maximum atomic E-state index is 14.0. The molecule has 1 aliphatic carbocycles. The maximum Gasteiger partial charge on any atom is 0.165 e. The van der Waals surface area contributed by atoms with Crippen LogP contribution in [0.4, 0.5) is 10.2 Å². The molecule has 0 aliphatic heterocycles. The second-order valence-electron chi connectivity index (χ2n) is 7.23. The van der Waals surface area contributed by atoms with E-state index in [1.165, 1.54) is 20.0 Å². The van der Waals surface area contributed by atoms with Gasteiger partial charge in [0, 0.05) is 17.6 Å². The summed E-state index contributed by atoms with van der Waals surface area (Å²) >= 11 is 0. The lowest BCUT2D eigenvalue weighted by molar-refractivity contribution is -0.127. The van der Waals surface area contributed by atoms with E-state index in [4.69, 9.17) is 15.9 Å². The molecule has 1 fully saturated rings. The largest absolute Gasteiger partial charge is 0.383 e. The van der Waals surface area contributed by atoms with Crippen LogP contribution in [0.15, 0.2) is 31.1 Å². The Morgan fingerprint density at radius 1 is 1.50 bits per heavy atom. The molecule has 3 rings (SSSR count). The molecule has 0 aromatic carbocycles. The van der Waals surface area contributed by atoms with Crippen molar-refractivity contribution in [2.45, 2.75) is 51.9 Å². The molecule has 2 heterocycles. The maximum absolute atomic E-state index is 14.0. The Balaban J connectivity index is 0.000000368. The van der Waals surface area contributed by atoms with Gasteiger partial charge in [0.2, 0.25) is 0 Å². The van der Waals surface area contributed by atoms with Gasteiger partial charge >= 0.3 is 0 Å². The van der Waals surface area contributed by atoms with Crippen LogP contribution in [-0.2, 0) is 0 Å². The molecular formula is C18H26FN3O2. The quantitative estimate of drug-likeness (QED) is 0.580.